The molecule has 0 spiro atoms. The number of amides is 1. The SMILES string of the molecule is COc1ccccc1CNC(=O)CNCCc1ccccc1. The summed E-state index contributed by atoms with van der Waals surface area (Å²) in [5.74, 6) is 0.777. The first kappa shape index (κ1) is 16.0. The number of rotatable bonds is 8. The third-order valence-corrected chi connectivity index (χ3v) is 3.39. The molecule has 0 heterocycles. The average Bonchev–Trinajstić information content (AvgIpc) is 2.58. The van der Waals surface area contributed by atoms with Crippen LogP contribution in [0.1, 0.15) is 11.1 Å². The van der Waals surface area contributed by atoms with Gasteiger partial charge in [-0.1, -0.05) is 48.5 Å². The lowest BCUT2D eigenvalue weighted by atomic mass is 10.1. The summed E-state index contributed by atoms with van der Waals surface area (Å²) in [5, 5.41) is 6.05. The molecule has 116 valence electrons. The number of hydrogen-bond acceptors (Lipinski definition) is 3. The van der Waals surface area contributed by atoms with Crippen LogP contribution in [0, 0.1) is 0 Å². The molecule has 22 heavy (non-hydrogen) atoms. The Morgan fingerprint density at radius 2 is 1.77 bits per heavy atom. The predicted molar refractivity (Wildman–Crippen MR) is 87.9 cm³/mol. The van der Waals surface area contributed by atoms with Gasteiger partial charge in [-0.15, -0.1) is 0 Å². The van der Waals surface area contributed by atoms with E-state index in [0.29, 0.717) is 13.1 Å². The largest absolute Gasteiger partial charge is 0.496 e. The maximum Gasteiger partial charge on any atom is 0.234 e. The standard InChI is InChI=1S/C18H22N2O2/c1-22-17-10-6-5-9-16(17)13-20-18(21)14-19-12-11-15-7-3-2-4-8-15/h2-10,19H,11-14H2,1H3,(H,20,21). The van der Waals surface area contributed by atoms with Gasteiger partial charge < -0.3 is 15.4 Å². The molecule has 4 nitrogen and oxygen atoms in total. The van der Waals surface area contributed by atoms with Gasteiger partial charge in [0, 0.05) is 12.1 Å². The van der Waals surface area contributed by atoms with E-state index in [-0.39, 0.29) is 5.91 Å². The van der Waals surface area contributed by atoms with Crippen molar-refractivity contribution in [1.82, 2.24) is 10.6 Å². The third kappa shape index (κ3) is 5.22. The first-order valence-electron chi connectivity index (χ1n) is 7.43. The van der Waals surface area contributed by atoms with E-state index in [4.69, 9.17) is 4.74 Å². The van der Waals surface area contributed by atoms with Crippen molar-refractivity contribution in [2.75, 3.05) is 20.2 Å². The van der Waals surface area contributed by atoms with E-state index in [1.807, 2.05) is 42.5 Å². The lowest BCUT2D eigenvalue weighted by Crippen LogP contribution is -2.34. The van der Waals surface area contributed by atoms with Gasteiger partial charge in [0.1, 0.15) is 5.75 Å². The van der Waals surface area contributed by atoms with Crippen molar-refractivity contribution in [2.45, 2.75) is 13.0 Å². The normalized spacial score (nSPS) is 10.2. The molecule has 0 bridgehead atoms. The fourth-order valence-corrected chi connectivity index (χ4v) is 2.18. The molecule has 0 aromatic heterocycles. The molecule has 2 rings (SSSR count). The van der Waals surface area contributed by atoms with Crippen molar-refractivity contribution in [1.29, 1.82) is 0 Å². The number of hydrogen-bond donors (Lipinski definition) is 2. The van der Waals surface area contributed by atoms with Crippen LogP contribution in [0.25, 0.3) is 0 Å². The van der Waals surface area contributed by atoms with E-state index in [0.717, 1.165) is 24.3 Å². The molecule has 0 saturated heterocycles. The molecule has 2 aromatic rings. The predicted octanol–water partition coefficient (Wildman–Crippen LogP) is 2.14. The smallest absolute Gasteiger partial charge is 0.234 e. The van der Waals surface area contributed by atoms with Crippen LogP contribution in [0.2, 0.25) is 0 Å². The van der Waals surface area contributed by atoms with Crippen molar-refractivity contribution in [3.63, 3.8) is 0 Å². The number of carbonyl (C=O) groups excluding carboxylic acids is 1. The molecule has 0 aliphatic carbocycles. The van der Waals surface area contributed by atoms with E-state index in [9.17, 15) is 4.79 Å². The van der Waals surface area contributed by atoms with E-state index < -0.39 is 0 Å². The molecule has 2 aromatic carbocycles. The van der Waals surface area contributed by atoms with Crippen molar-refractivity contribution in [2.24, 2.45) is 0 Å². The summed E-state index contributed by atoms with van der Waals surface area (Å²) in [6.07, 6.45) is 0.917. The Kier molecular flexibility index (Phi) is 6.45. The van der Waals surface area contributed by atoms with Crippen molar-refractivity contribution < 1.29 is 9.53 Å². The topological polar surface area (TPSA) is 50.4 Å². The molecular formula is C18H22N2O2. The van der Waals surface area contributed by atoms with Gasteiger partial charge in [0.15, 0.2) is 0 Å². The van der Waals surface area contributed by atoms with Crippen LogP contribution in [-0.4, -0.2) is 26.1 Å². The molecule has 0 radical (unpaired) electrons. The Morgan fingerprint density at radius 1 is 1.05 bits per heavy atom. The van der Waals surface area contributed by atoms with Crippen molar-refractivity contribution in [3.8, 4) is 5.75 Å². The van der Waals surface area contributed by atoms with E-state index in [2.05, 4.69) is 22.8 Å². The molecule has 0 aliphatic rings. The van der Waals surface area contributed by atoms with Gasteiger partial charge in [0.05, 0.1) is 13.7 Å². The Balaban J connectivity index is 1.66. The van der Waals surface area contributed by atoms with E-state index >= 15 is 0 Å². The van der Waals surface area contributed by atoms with Gasteiger partial charge in [-0.3, -0.25) is 4.79 Å². The zero-order valence-electron chi connectivity index (χ0n) is 12.8. The molecular weight excluding hydrogens is 276 g/mol. The van der Waals surface area contributed by atoms with E-state index in [1.54, 1.807) is 7.11 Å². The number of para-hydroxylation sites is 1. The summed E-state index contributed by atoms with van der Waals surface area (Å²) in [6, 6.07) is 17.9. The van der Waals surface area contributed by atoms with Gasteiger partial charge in [-0.2, -0.15) is 0 Å². The number of nitrogens with one attached hydrogen (secondary N) is 2. The second-order valence-electron chi connectivity index (χ2n) is 5.00. The maximum atomic E-state index is 11.8. The summed E-state index contributed by atoms with van der Waals surface area (Å²) in [7, 11) is 1.63. The van der Waals surface area contributed by atoms with Gasteiger partial charge in [0.25, 0.3) is 0 Å². The molecule has 4 heteroatoms. The highest BCUT2D eigenvalue weighted by atomic mass is 16.5. The minimum Gasteiger partial charge on any atom is -0.496 e. The third-order valence-electron chi connectivity index (χ3n) is 3.39. The first-order valence-corrected chi connectivity index (χ1v) is 7.43. The van der Waals surface area contributed by atoms with Gasteiger partial charge in [0.2, 0.25) is 5.91 Å². The van der Waals surface area contributed by atoms with Crippen LogP contribution in [0.15, 0.2) is 54.6 Å². The highest BCUT2D eigenvalue weighted by molar-refractivity contribution is 5.78. The number of carbonyl (C=O) groups is 1. The summed E-state index contributed by atoms with van der Waals surface area (Å²) in [5.41, 5.74) is 2.24. The van der Waals surface area contributed by atoms with Gasteiger partial charge >= 0.3 is 0 Å². The van der Waals surface area contributed by atoms with Crippen LogP contribution in [0.4, 0.5) is 0 Å². The Labute approximate surface area is 131 Å². The average molecular weight is 298 g/mol. The number of ether oxygens (including phenoxy) is 1. The first-order chi connectivity index (χ1) is 10.8. The van der Waals surface area contributed by atoms with Gasteiger partial charge in [-0.05, 0) is 24.6 Å². The fraction of sp³-hybridized carbons (Fsp3) is 0.278. The number of benzene rings is 2. The monoisotopic (exact) mass is 298 g/mol. The molecule has 2 N–H and O–H groups in total. The highest BCUT2D eigenvalue weighted by Crippen LogP contribution is 2.16. The lowest BCUT2D eigenvalue weighted by Gasteiger charge is -2.10. The zero-order chi connectivity index (χ0) is 15.6. The molecule has 0 aliphatic heterocycles. The Morgan fingerprint density at radius 3 is 2.55 bits per heavy atom. The maximum absolute atomic E-state index is 11.8. The van der Waals surface area contributed by atoms with Crippen LogP contribution in [0.5, 0.6) is 5.75 Å². The van der Waals surface area contributed by atoms with Gasteiger partial charge in [-0.25, -0.2) is 0 Å². The summed E-state index contributed by atoms with van der Waals surface area (Å²) < 4.78 is 5.26. The highest BCUT2D eigenvalue weighted by Gasteiger charge is 2.04. The van der Waals surface area contributed by atoms with Crippen LogP contribution < -0.4 is 15.4 Å². The number of methoxy groups -OCH3 is 1. The van der Waals surface area contributed by atoms with Crippen LogP contribution in [-0.2, 0) is 17.8 Å². The molecule has 0 saturated carbocycles. The summed E-state index contributed by atoms with van der Waals surface area (Å²) in [4.78, 5) is 11.8. The quantitative estimate of drug-likeness (QED) is 0.734. The molecule has 0 atom stereocenters. The second-order valence-corrected chi connectivity index (χ2v) is 5.00. The Bertz CT molecular complexity index is 585. The fourth-order valence-electron chi connectivity index (χ4n) is 2.18. The summed E-state index contributed by atoms with van der Waals surface area (Å²) in [6.45, 7) is 1.58. The molecule has 0 fully saturated rings. The summed E-state index contributed by atoms with van der Waals surface area (Å²) >= 11 is 0. The Hall–Kier alpha value is -2.33. The molecule has 1 amide bonds. The lowest BCUT2D eigenvalue weighted by molar-refractivity contribution is -0.120. The minimum absolute atomic E-state index is 0.0148. The van der Waals surface area contributed by atoms with Crippen LogP contribution in [0.3, 0.4) is 0 Å². The van der Waals surface area contributed by atoms with Crippen molar-refractivity contribution >= 4 is 5.91 Å². The minimum atomic E-state index is -0.0148. The van der Waals surface area contributed by atoms with E-state index in [1.165, 1.54) is 5.56 Å². The van der Waals surface area contributed by atoms with Crippen LogP contribution >= 0.6 is 0 Å². The van der Waals surface area contributed by atoms with Crippen molar-refractivity contribution in [3.05, 3.63) is 65.7 Å². The zero-order valence-corrected chi connectivity index (χ0v) is 12.8. The second kappa shape index (κ2) is 8.85. The molecule has 0 unspecified atom stereocenters.